The van der Waals surface area contributed by atoms with Crippen molar-refractivity contribution < 1.29 is 4.79 Å². The first kappa shape index (κ1) is 8.13. The Labute approximate surface area is 54.1 Å². The summed E-state index contributed by atoms with van der Waals surface area (Å²) in [6.45, 7) is 3.51. The van der Waals surface area contributed by atoms with Gasteiger partial charge in [0.15, 0.2) is 0 Å². The Morgan fingerprint density at radius 2 is 2.22 bits per heavy atom. The highest BCUT2D eigenvalue weighted by atomic mass is 16.1. The zero-order valence-electron chi connectivity index (χ0n) is 5.21. The fraction of sp³-hybridized carbons (Fsp3) is 0.400. The SMILES string of the molecule is C=C(CCC=O)N(N)N. The van der Waals surface area contributed by atoms with Gasteiger partial charge in [-0.1, -0.05) is 6.58 Å². The quantitative estimate of drug-likeness (QED) is 0.306. The molecule has 0 radical (unpaired) electrons. The number of hydrogen-bond donors (Lipinski definition) is 2. The fourth-order valence-corrected chi connectivity index (χ4v) is 0.355. The van der Waals surface area contributed by atoms with Crippen LogP contribution in [0, 0.1) is 0 Å². The molecule has 0 saturated carbocycles. The minimum atomic E-state index is 0.420. The van der Waals surface area contributed by atoms with E-state index in [4.69, 9.17) is 11.7 Å². The summed E-state index contributed by atoms with van der Waals surface area (Å²) in [4.78, 5) is 9.79. The zero-order valence-corrected chi connectivity index (χ0v) is 5.21. The lowest BCUT2D eigenvalue weighted by Crippen LogP contribution is -2.36. The summed E-state index contributed by atoms with van der Waals surface area (Å²) in [6.07, 6.45) is 1.74. The van der Waals surface area contributed by atoms with Crippen molar-refractivity contribution in [1.82, 2.24) is 5.12 Å². The Morgan fingerprint density at radius 1 is 1.67 bits per heavy atom. The number of carbonyl (C=O) groups is 1. The van der Waals surface area contributed by atoms with Gasteiger partial charge in [-0.05, 0) is 6.42 Å². The molecule has 0 bridgehead atoms. The van der Waals surface area contributed by atoms with Crippen molar-refractivity contribution in [2.45, 2.75) is 12.8 Å². The van der Waals surface area contributed by atoms with Gasteiger partial charge in [-0.15, -0.1) is 0 Å². The molecule has 0 amide bonds. The molecule has 0 rings (SSSR count). The lowest BCUT2D eigenvalue weighted by atomic mass is 10.3. The summed E-state index contributed by atoms with van der Waals surface area (Å²) in [6, 6.07) is 0. The first-order chi connectivity index (χ1) is 4.18. The molecule has 0 aromatic heterocycles. The third-order valence-corrected chi connectivity index (χ3v) is 0.916. The third kappa shape index (κ3) is 3.69. The number of hydrazine groups is 2. The second-order valence-corrected chi connectivity index (χ2v) is 1.68. The normalized spacial score (nSPS) is 8.67. The molecular weight excluding hydrogens is 118 g/mol. The largest absolute Gasteiger partial charge is 0.303 e. The number of rotatable bonds is 4. The molecule has 0 aromatic rings. The number of nitrogens with two attached hydrogens (primary N) is 2. The summed E-state index contributed by atoms with van der Waals surface area (Å²) in [5.74, 6) is 10.1. The summed E-state index contributed by atoms with van der Waals surface area (Å²) in [7, 11) is 0. The maximum absolute atomic E-state index is 9.79. The second kappa shape index (κ2) is 4.05. The number of nitrogens with zero attached hydrogens (tertiary/aromatic N) is 1. The maximum Gasteiger partial charge on any atom is 0.120 e. The van der Waals surface area contributed by atoms with E-state index in [1.54, 1.807) is 0 Å². The van der Waals surface area contributed by atoms with Crippen molar-refractivity contribution in [3.8, 4) is 0 Å². The Hall–Kier alpha value is -0.870. The standard InChI is InChI=1S/C5H11N3O/c1-5(8(6)7)3-2-4-9/h4H,1-3,6-7H2. The first-order valence-electron chi connectivity index (χ1n) is 2.59. The topological polar surface area (TPSA) is 72.3 Å². The fourth-order valence-electron chi connectivity index (χ4n) is 0.355. The highest BCUT2D eigenvalue weighted by Gasteiger charge is 1.94. The van der Waals surface area contributed by atoms with Gasteiger partial charge in [0.1, 0.15) is 6.29 Å². The van der Waals surface area contributed by atoms with Gasteiger partial charge in [-0.25, -0.2) is 11.7 Å². The van der Waals surface area contributed by atoms with Crippen LogP contribution in [-0.4, -0.2) is 11.4 Å². The Morgan fingerprint density at radius 3 is 2.56 bits per heavy atom. The number of allylic oxidation sites excluding steroid dienone is 1. The molecule has 4 heteroatoms. The van der Waals surface area contributed by atoms with E-state index in [1.165, 1.54) is 0 Å². The molecule has 0 saturated heterocycles. The van der Waals surface area contributed by atoms with Gasteiger partial charge in [-0.3, -0.25) is 5.12 Å². The summed E-state index contributed by atoms with van der Waals surface area (Å²) in [5.41, 5.74) is 0.558. The van der Waals surface area contributed by atoms with E-state index in [0.717, 1.165) is 11.4 Å². The lowest BCUT2D eigenvalue weighted by molar-refractivity contribution is -0.107. The monoisotopic (exact) mass is 129 g/mol. The number of hydrogen-bond acceptors (Lipinski definition) is 4. The van der Waals surface area contributed by atoms with Crippen LogP contribution < -0.4 is 11.7 Å². The highest BCUT2D eigenvalue weighted by molar-refractivity contribution is 5.49. The molecule has 0 heterocycles. The van der Waals surface area contributed by atoms with E-state index in [1.807, 2.05) is 0 Å². The van der Waals surface area contributed by atoms with Crippen LogP contribution in [0.2, 0.25) is 0 Å². The highest BCUT2D eigenvalue weighted by Crippen LogP contribution is 1.98. The Bertz CT molecular complexity index is 111. The minimum Gasteiger partial charge on any atom is -0.303 e. The minimum absolute atomic E-state index is 0.420. The third-order valence-electron chi connectivity index (χ3n) is 0.916. The molecule has 0 atom stereocenters. The van der Waals surface area contributed by atoms with Crippen molar-refractivity contribution in [2.24, 2.45) is 11.7 Å². The van der Waals surface area contributed by atoms with Crippen molar-refractivity contribution in [3.05, 3.63) is 12.3 Å². The molecule has 0 spiro atoms. The average molecular weight is 129 g/mol. The second-order valence-electron chi connectivity index (χ2n) is 1.68. The lowest BCUT2D eigenvalue weighted by Gasteiger charge is -2.12. The van der Waals surface area contributed by atoms with E-state index < -0.39 is 0 Å². The predicted octanol–water partition coefficient (Wildman–Crippen LogP) is -0.471. The van der Waals surface area contributed by atoms with E-state index in [9.17, 15) is 4.79 Å². The molecule has 52 valence electrons. The summed E-state index contributed by atoms with van der Waals surface area (Å²) in [5, 5.41) is 0.920. The van der Waals surface area contributed by atoms with Gasteiger partial charge < -0.3 is 4.79 Å². The van der Waals surface area contributed by atoms with E-state index >= 15 is 0 Å². The van der Waals surface area contributed by atoms with E-state index in [0.29, 0.717) is 18.5 Å². The van der Waals surface area contributed by atoms with Gasteiger partial charge in [-0.2, -0.15) is 0 Å². The van der Waals surface area contributed by atoms with Crippen molar-refractivity contribution >= 4 is 6.29 Å². The van der Waals surface area contributed by atoms with Crippen LogP contribution in [0.1, 0.15) is 12.8 Å². The van der Waals surface area contributed by atoms with Gasteiger partial charge in [0, 0.05) is 12.1 Å². The summed E-state index contributed by atoms with van der Waals surface area (Å²) < 4.78 is 0. The van der Waals surface area contributed by atoms with Crippen LogP contribution in [0.25, 0.3) is 0 Å². The Kier molecular flexibility index (Phi) is 3.66. The molecule has 0 unspecified atom stereocenters. The molecule has 0 aliphatic carbocycles. The van der Waals surface area contributed by atoms with Gasteiger partial charge in [0.2, 0.25) is 0 Å². The van der Waals surface area contributed by atoms with Crippen molar-refractivity contribution in [1.29, 1.82) is 0 Å². The van der Waals surface area contributed by atoms with Crippen molar-refractivity contribution in [2.75, 3.05) is 0 Å². The molecule has 0 aliphatic heterocycles. The molecule has 4 N–H and O–H groups in total. The van der Waals surface area contributed by atoms with Gasteiger partial charge in [0.25, 0.3) is 0 Å². The van der Waals surface area contributed by atoms with E-state index in [-0.39, 0.29) is 0 Å². The molecule has 0 aliphatic rings. The average Bonchev–Trinajstić information content (AvgIpc) is 1.82. The molecule has 0 aromatic carbocycles. The van der Waals surface area contributed by atoms with Crippen LogP contribution in [0.15, 0.2) is 12.3 Å². The number of carbonyl (C=O) groups excluding carboxylic acids is 1. The van der Waals surface area contributed by atoms with Crippen LogP contribution in [-0.2, 0) is 4.79 Å². The van der Waals surface area contributed by atoms with Crippen LogP contribution in [0.5, 0.6) is 0 Å². The van der Waals surface area contributed by atoms with E-state index in [2.05, 4.69) is 6.58 Å². The van der Waals surface area contributed by atoms with Crippen molar-refractivity contribution in [3.63, 3.8) is 0 Å². The zero-order chi connectivity index (χ0) is 7.28. The summed E-state index contributed by atoms with van der Waals surface area (Å²) >= 11 is 0. The van der Waals surface area contributed by atoms with Gasteiger partial charge >= 0.3 is 0 Å². The maximum atomic E-state index is 9.79. The van der Waals surface area contributed by atoms with Crippen LogP contribution >= 0.6 is 0 Å². The number of aldehydes is 1. The molecule has 0 fully saturated rings. The van der Waals surface area contributed by atoms with Gasteiger partial charge in [0.05, 0.1) is 0 Å². The first-order valence-corrected chi connectivity index (χ1v) is 2.59. The van der Waals surface area contributed by atoms with Crippen LogP contribution in [0.4, 0.5) is 0 Å². The molecular formula is C5H11N3O. The Balaban J connectivity index is 3.38. The van der Waals surface area contributed by atoms with Crippen LogP contribution in [0.3, 0.4) is 0 Å². The molecule has 9 heavy (non-hydrogen) atoms. The molecule has 4 nitrogen and oxygen atoms in total. The predicted molar refractivity (Wildman–Crippen MR) is 34.7 cm³/mol. The smallest absolute Gasteiger partial charge is 0.120 e.